The Labute approximate surface area is 170 Å². The van der Waals surface area contributed by atoms with Gasteiger partial charge in [-0.05, 0) is 61.0 Å². The number of amides is 2. The van der Waals surface area contributed by atoms with Crippen LogP contribution >= 0.6 is 0 Å². The Morgan fingerprint density at radius 1 is 1.03 bits per heavy atom. The summed E-state index contributed by atoms with van der Waals surface area (Å²) in [5, 5.41) is 8.77. The summed E-state index contributed by atoms with van der Waals surface area (Å²) in [6, 6.07) is 16.9. The summed E-state index contributed by atoms with van der Waals surface area (Å²) >= 11 is 0. The average molecular weight is 406 g/mol. The van der Waals surface area contributed by atoms with Gasteiger partial charge < -0.3 is 9.84 Å². The summed E-state index contributed by atoms with van der Waals surface area (Å²) in [4.78, 5) is 12.6. The molecule has 0 aliphatic carbocycles. The topological polar surface area (TPSA) is 70.4 Å². The zero-order valence-electron chi connectivity index (χ0n) is 15.8. The fourth-order valence-electron chi connectivity index (χ4n) is 3.57. The molecule has 4 aromatic rings. The second-order valence-corrected chi connectivity index (χ2v) is 7.20. The molecule has 2 amide bonds. The molecule has 0 radical (unpaired) electrons. The third kappa shape index (κ3) is 2.89. The van der Waals surface area contributed by atoms with Crippen molar-refractivity contribution in [1.29, 1.82) is 0 Å². The van der Waals surface area contributed by atoms with E-state index in [1.807, 2.05) is 6.07 Å². The first-order chi connectivity index (χ1) is 14.4. The van der Waals surface area contributed by atoms with Crippen molar-refractivity contribution in [3.8, 4) is 11.3 Å². The molecule has 0 saturated carbocycles. The molecule has 1 aliphatic rings. The fourth-order valence-corrected chi connectivity index (χ4v) is 3.57. The van der Waals surface area contributed by atoms with E-state index in [1.54, 1.807) is 43.3 Å². The number of hydrogen-bond acceptors (Lipinski definition) is 4. The number of carbonyl (C=O) groups is 1. The largest absolute Gasteiger partial charge is 0.355 e. The SMILES string of the molecule is C[C@]1(c2ccc3noc(-c4ccc(F)cc4)c3c2)NC(=O)N(c2ccccc2F)N1. The lowest BCUT2D eigenvalue weighted by Crippen LogP contribution is -2.45. The van der Waals surface area contributed by atoms with Crippen LogP contribution < -0.4 is 15.8 Å². The van der Waals surface area contributed by atoms with Crippen molar-refractivity contribution in [1.82, 2.24) is 15.9 Å². The number of nitrogens with zero attached hydrogens (tertiary/aromatic N) is 2. The van der Waals surface area contributed by atoms with Crippen LogP contribution in [0.1, 0.15) is 12.5 Å². The molecule has 0 unspecified atom stereocenters. The molecule has 2 heterocycles. The van der Waals surface area contributed by atoms with Crippen molar-refractivity contribution in [2.45, 2.75) is 12.6 Å². The summed E-state index contributed by atoms with van der Waals surface area (Å²) < 4.78 is 33.0. The lowest BCUT2D eigenvalue weighted by atomic mass is 9.99. The molecule has 6 nitrogen and oxygen atoms in total. The van der Waals surface area contributed by atoms with E-state index in [4.69, 9.17) is 4.52 Å². The highest BCUT2D eigenvalue weighted by Gasteiger charge is 2.41. The minimum Gasteiger partial charge on any atom is -0.355 e. The standard InChI is InChI=1S/C22H16F2N4O2/c1-22(25-21(29)28(27-22)19-5-3-2-4-17(19)24)14-8-11-18-16(12-14)20(30-26-18)13-6-9-15(23)10-7-13/h2-12,27H,1H3,(H,25,29)/t22-/m0/s1. The van der Waals surface area contributed by atoms with Crippen molar-refractivity contribution >= 4 is 22.6 Å². The Bertz CT molecular complexity index is 1270. The van der Waals surface area contributed by atoms with Gasteiger partial charge in [-0.2, -0.15) is 5.43 Å². The molecular weight excluding hydrogens is 390 g/mol. The predicted molar refractivity (Wildman–Crippen MR) is 107 cm³/mol. The quantitative estimate of drug-likeness (QED) is 0.518. The van der Waals surface area contributed by atoms with Gasteiger partial charge >= 0.3 is 6.03 Å². The highest BCUT2D eigenvalue weighted by molar-refractivity contribution is 5.95. The molecule has 0 spiro atoms. The third-order valence-corrected chi connectivity index (χ3v) is 5.15. The molecule has 1 atom stereocenters. The highest BCUT2D eigenvalue weighted by atomic mass is 19.1. The molecule has 3 aromatic carbocycles. The van der Waals surface area contributed by atoms with E-state index in [-0.39, 0.29) is 11.5 Å². The zero-order valence-corrected chi connectivity index (χ0v) is 15.8. The number of hydrazine groups is 1. The average Bonchev–Trinajstić information content (AvgIpc) is 3.30. The van der Waals surface area contributed by atoms with Crippen LogP contribution in [0.4, 0.5) is 19.3 Å². The van der Waals surface area contributed by atoms with E-state index < -0.39 is 17.5 Å². The number of hydrogen-bond donors (Lipinski definition) is 2. The van der Waals surface area contributed by atoms with Crippen molar-refractivity contribution < 1.29 is 18.1 Å². The maximum absolute atomic E-state index is 14.2. The second kappa shape index (κ2) is 6.64. The van der Waals surface area contributed by atoms with Crippen LogP contribution in [0, 0.1) is 11.6 Å². The molecular formula is C22H16F2N4O2. The number of nitrogens with one attached hydrogen (secondary N) is 2. The first-order valence-electron chi connectivity index (χ1n) is 9.25. The van der Waals surface area contributed by atoms with Gasteiger partial charge in [-0.1, -0.05) is 23.4 Å². The lowest BCUT2D eigenvalue weighted by molar-refractivity contribution is 0.247. The van der Waals surface area contributed by atoms with Crippen molar-refractivity contribution in [2.24, 2.45) is 0 Å². The number of carbonyl (C=O) groups excluding carboxylic acids is 1. The van der Waals surface area contributed by atoms with Gasteiger partial charge in [0.15, 0.2) is 5.76 Å². The van der Waals surface area contributed by atoms with Crippen LogP contribution in [0.5, 0.6) is 0 Å². The fraction of sp³-hybridized carbons (Fsp3) is 0.0909. The number of para-hydroxylation sites is 1. The van der Waals surface area contributed by atoms with Crippen LogP contribution in [0.25, 0.3) is 22.2 Å². The van der Waals surface area contributed by atoms with E-state index in [0.717, 1.165) is 5.01 Å². The molecule has 1 saturated heterocycles. The van der Waals surface area contributed by atoms with E-state index in [1.165, 1.54) is 24.3 Å². The van der Waals surface area contributed by atoms with Crippen LogP contribution in [-0.4, -0.2) is 11.2 Å². The first kappa shape index (κ1) is 18.3. The minimum absolute atomic E-state index is 0.122. The minimum atomic E-state index is -0.995. The van der Waals surface area contributed by atoms with Crippen LogP contribution in [0.3, 0.4) is 0 Å². The van der Waals surface area contributed by atoms with Gasteiger partial charge in [-0.15, -0.1) is 0 Å². The molecule has 0 bridgehead atoms. The molecule has 150 valence electrons. The third-order valence-electron chi connectivity index (χ3n) is 5.15. The molecule has 2 N–H and O–H groups in total. The smallest absolute Gasteiger partial charge is 0.338 e. The van der Waals surface area contributed by atoms with Gasteiger partial charge in [0, 0.05) is 5.56 Å². The normalized spacial score (nSPS) is 18.8. The van der Waals surface area contributed by atoms with Crippen molar-refractivity contribution in [3.63, 3.8) is 0 Å². The molecule has 8 heteroatoms. The van der Waals surface area contributed by atoms with Crippen molar-refractivity contribution in [2.75, 3.05) is 5.01 Å². The number of benzene rings is 3. The number of fused-ring (bicyclic) bond motifs is 1. The van der Waals surface area contributed by atoms with Crippen LogP contribution in [0.2, 0.25) is 0 Å². The maximum Gasteiger partial charge on any atom is 0.338 e. The van der Waals surface area contributed by atoms with Crippen LogP contribution in [-0.2, 0) is 5.66 Å². The first-order valence-corrected chi connectivity index (χ1v) is 9.25. The lowest BCUT2D eigenvalue weighted by Gasteiger charge is -2.25. The number of anilines is 1. The summed E-state index contributed by atoms with van der Waals surface area (Å²) in [6.07, 6.45) is 0. The van der Waals surface area contributed by atoms with Gasteiger partial charge in [-0.3, -0.25) is 0 Å². The molecule has 5 rings (SSSR count). The Hall–Kier alpha value is -3.78. The van der Waals surface area contributed by atoms with Gasteiger partial charge in [0.2, 0.25) is 0 Å². The van der Waals surface area contributed by atoms with Crippen LogP contribution in [0.15, 0.2) is 71.3 Å². The molecule has 1 aliphatic heterocycles. The Morgan fingerprint density at radius 2 is 1.80 bits per heavy atom. The van der Waals surface area contributed by atoms with Gasteiger partial charge in [0.1, 0.15) is 22.8 Å². The van der Waals surface area contributed by atoms with E-state index >= 15 is 0 Å². The van der Waals surface area contributed by atoms with E-state index in [9.17, 15) is 13.6 Å². The van der Waals surface area contributed by atoms with E-state index in [2.05, 4.69) is 15.9 Å². The van der Waals surface area contributed by atoms with Crippen molar-refractivity contribution in [3.05, 3.63) is 83.9 Å². The Balaban J connectivity index is 1.54. The van der Waals surface area contributed by atoms with Gasteiger partial charge in [0.25, 0.3) is 0 Å². The Kier molecular flexibility index (Phi) is 4.04. The second-order valence-electron chi connectivity index (χ2n) is 7.20. The summed E-state index contributed by atoms with van der Waals surface area (Å²) in [5.74, 6) is -0.370. The van der Waals surface area contributed by atoms with Gasteiger partial charge in [-0.25, -0.2) is 18.6 Å². The number of halogens is 2. The Morgan fingerprint density at radius 3 is 2.57 bits per heavy atom. The molecule has 1 aromatic heterocycles. The molecule has 30 heavy (non-hydrogen) atoms. The van der Waals surface area contributed by atoms with Gasteiger partial charge in [0.05, 0.1) is 11.1 Å². The molecule has 1 fully saturated rings. The number of aromatic nitrogens is 1. The zero-order chi connectivity index (χ0) is 20.9. The predicted octanol–water partition coefficient (Wildman–Crippen LogP) is 4.68. The number of urea groups is 1. The number of rotatable bonds is 3. The highest BCUT2D eigenvalue weighted by Crippen LogP contribution is 2.33. The summed E-state index contributed by atoms with van der Waals surface area (Å²) in [7, 11) is 0. The maximum atomic E-state index is 14.2. The van der Waals surface area contributed by atoms with E-state index in [0.29, 0.717) is 27.8 Å². The summed E-state index contributed by atoms with van der Waals surface area (Å²) in [5.41, 5.74) is 4.19. The monoisotopic (exact) mass is 406 g/mol. The summed E-state index contributed by atoms with van der Waals surface area (Å²) in [6.45, 7) is 1.78.